The molecule has 120 valence electrons. The van der Waals surface area contributed by atoms with Gasteiger partial charge in [-0.05, 0) is 30.3 Å². The molecule has 0 radical (unpaired) electrons. The van der Waals surface area contributed by atoms with Gasteiger partial charge in [-0.25, -0.2) is 8.78 Å². The van der Waals surface area contributed by atoms with Crippen LogP contribution in [0.1, 0.15) is 10.4 Å². The number of carbonyl (C=O) groups excluding carboxylic acids is 1. The van der Waals surface area contributed by atoms with E-state index in [1.54, 1.807) is 12.1 Å². The maximum Gasteiger partial charge on any atom is 0.187 e. The van der Waals surface area contributed by atoms with Crippen molar-refractivity contribution in [3.05, 3.63) is 65.9 Å². The van der Waals surface area contributed by atoms with Gasteiger partial charge in [0.1, 0.15) is 11.6 Å². The van der Waals surface area contributed by atoms with E-state index in [4.69, 9.17) is 9.47 Å². The van der Waals surface area contributed by atoms with E-state index in [-0.39, 0.29) is 11.5 Å². The van der Waals surface area contributed by atoms with Crippen LogP contribution in [-0.2, 0) is 0 Å². The molecule has 0 aliphatic rings. The van der Waals surface area contributed by atoms with Crippen molar-refractivity contribution in [1.29, 1.82) is 0 Å². The summed E-state index contributed by atoms with van der Waals surface area (Å²) in [7, 11) is 2.97. The molecule has 0 spiro atoms. The van der Waals surface area contributed by atoms with Crippen molar-refractivity contribution >= 4 is 11.5 Å². The van der Waals surface area contributed by atoms with Gasteiger partial charge in [0.25, 0.3) is 0 Å². The number of hydrogen-bond acceptors (Lipinski definition) is 4. The number of rotatable bonds is 6. The van der Waals surface area contributed by atoms with Crippen molar-refractivity contribution in [2.75, 3.05) is 19.5 Å². The molecule has 0 amide bonds. The van der Waals surface area contributed by atoms with Crippen molar-refractivity contribution in [3.63, 3.8) is 0 Å². The summed E-state index contributed by atoms with van der Waals surface area (Å²) in [5, 5.41) is 2.53. The van der Waals surface area contributed by atoms with E-state index in [1.165, 1.54) is 32.6 Å². The second-order valence-corrected chi connectivity index (χ2v) is 4.54. The van der Waals surface area contributed by atoms with E-state index in [9.17, 15) is 13.6 Å². The zero-order valence-electron chi connectivity index (χ0n) is 12.6. The number of allylic oxidation sites excluding steroid dienone is 1. The molecule has 2 aromatic rings. The largest absolute Gasteiger partial charge is 0.493 e. The maximum atomic E-state index is 13.4. The predicted molar refractivity (Wildman–Crippen MR) is 83.0 cm³/mol. The Balaban J connectivity index is 2.11. The van der Waals surface area contributed by atoms with Gasteiger partial charge in [0.05, 0.1) is 19.9 Å². The number of carbonyl (C=O) groups is 1. The van der Waals surface area contributed by atoms with Gasteiger partial charge < -0.3 is 14.8 Å². The number of halogens is 2. The van der Waals surface area contributed by atoms with Gasteiger partial charge in [-0.15, -0.1) is 0 Å². The molecular weight excluding hydrogens is 304 g/mol. The standard InChI is InChI=1S/C17H15F2NO3/c1-22-16-6-3-11(9-17(16)23-2)15(21)7-8-20-14-10-12(18)4-5-13(14)19/h3-10,20H,1-2H3. The summed E-state index contributed by atoms with van der Waals surface area (Å²) < 4.78 is 36.7. The summed E-state index contributed by atoms with van der Waals surface area (Å²) in [4.78, 5) is 12.1. The molecule has 1 N–H and O–H groups in total. The van der Waals surface area contributed by atoms with Crippen LogP contribution in [0.4, 0.5) is 14.5 Å². The second kappa shape index (κ2) is 7.40. The molecule has 0 unspecified atom stereocenters. The first kappa shape index (κ1) is 16.5. The lowest BCUT2D eigenvalue weighted by Gasteiger charge is -2.08. The van der Waals surface area contributed by atoms with Crippen LogP contribution in [0, 0.1) is 11.6 Å². The van der Waals surface area contributed by atoms with E-state index in [0.29, 0.717) is 17.1 Å². The monoisotopic (exact) mass is 319 g/mol. The Labute approximate surface area is 132 Å². The Morgan fingerprint density at radius 2 is 1.78 bits per heavy atom. The number of nitrogens with one attached hydrogen (secondary N) is 1. The number of ketones is 1. The van der Waals surface area contributed by atoms with Crippen LogP contribution in [-0.4, -0.2) is 20.0 Å². The summed E-state index contributed by atoms with van der Waals surface area (Å²) in [6.45, 7) is 0. The number of benzene rings is 2. The van der Waals surface area contributed by atoms with Gasteiger partial charge in [0, 0.05) is 23.9 Å². The number of methoxy groups -OCH3 is 2. The van der Waals surface area contributed by atoms with E-state index >= 15 is 0 Å². The summed E-state index contributed by atoms with van der Waals surface area (Å²) in [6.07, 6.45) is 2.46. The van der Waals surface area contributed by atoms with E-state index in [1.807, 2.05) is 0 Å². The highest BCUT2D eigenvalue weighted by Gasteiger charge is 2.08. The van der Waals surface area contributed by atoms with Crippen LogP contribution in [0.25, 0.3) is 0 Å². The molecule has 6 heteroatoms. The van der Waals surface area contributed by atoms with Crippen LogP contribution in [0.5, 0.6) is 11.5 Å². The molecule has 0 aliphatic heterocycles. The molecule has 0 heterocycles. The highest BCUT2D eigenvalue weighted by atomic mass is 19.1. The van der Waals surface area contributed by atoms with Gasteiger partial charge in [-0.1, -0.05) is 0 Å². The van der Waals surface area contributed by atoms with Crippen LogP contribution in [0.15, 0.2) is 48.7 Å². The molecule has 23 heavy (non-hydrogen) atoms. The van der Waals surface area contributed by atoms with Crippen LogP contribution in [0.2, 0.25) is 0 Å². The molecule has 0 aromatic heterocycles. The normalized spacial score (nSPS) is 10.6. The average Bonchev–Trinajstić information content (AvgIpc) is 2.57. The quantitative estimate of drug-likeness (QED) is 0.650. The molecule has 0 bridgehead atoms. The molecule has 0 aliphatic carbocycles. The van der Waals surface area contributed by atoms with Crippen molar-refractivity contribution < 1.29 is 23.0 Å². The van der Waals surface area contributed by atoms with Gasteiger partial charge in [-0.2, -0.15) is 0 Å². The topological polar surface area (TPSA) is 47.6 Å². The third kappa shape index (κ3) is 4.06. The fourth-order valence-corrected chi connectivity index (χ4v) is 1.90. The third-order valence-corrected chi connectivity index (χ3v) is 3.07. The Bertz CT molecular complexity index is 745. The first-order valence-electron chi connectivity index (χ1n) is 6.69. The van der Waals surface area contributed by atoms with Crippen LogP contribution < -0.4 is 14.8 Å². The average molecular weight is 319 g/mol. The highest BCUT2D eigenvalue weighted by molar-refractivity contribution is 6.05. The number of anilines is 1. The smallest absolute Gasteiger partial charge is 0.187 e. The molecule has 2 aromatic carbocycles. The zero-order chi connectivity index (χ0) is 16.8. The minimum atomic E-state index is -0.616. The lowest BCUT2D eigenvalue weighted by Crippen LogP contribution is -1.99. The number of hydrogen-bond donors (Lipinski definition) is 1. The Morgan fingerprint density at radius 3 is 2.48 bits per heavy atom. The summed E-state index contributed by atoms with van der Waals surface area (Å²) in [6, 6.07) is 7.74. The van der Waals surface area contributed by atoms with Crippen molar-refractivity contribution in [3.8, 4) is 11.5 Å². The minimum Gasteiger partial charge on any atom is -0.493 e. The molecule has 0 saturated heterocycles. The number of ether oxygens (including phenoxy) is 2. The van der Waals surface area contributed by atoms with Gasteiger partial charge in [0.15, 0.2) is 17.3 Å². The van der Waals surface area contributed by atoms with E-state index < -0.39 is 11.6 Å². The Kier molecular flexibility index (Phi) is 5.30. The second-order valence-electron chi connectivity index (χ2n) is 4.54. The summed E-state index contributed by atoms with van der Waals surface area (Å²) in [5.74, 6) is -0.581. The van der Waals surface area contributed by atoms with Gasteiger partial charge >= 0.3 is 0 Å². The predicted octanol–water partition coefficient (Wildman–Crippen LogP) is 3.79. The molecule has 0 saturated carbocycles. The summed E-state index contributed by atoms with van der Waals surface area (Å²) in [5.41, 5.74) is 0.321. The zero-order valence-corrected chi connectivity index (χ0v) is 12.6. The molecule has 0 atom stereocenters. The molecular formula is C17H15F2NO3. The summed E-state index contributed by atoms with van der Waals surface area (Å²) >= 11 is 0. The van der Waals surface area contributed by atoms with Gasteiger partial charge in [-0.3, -0.25) is 4.79 Å². The lowest BCUT2D eigenvalue weighted by atomic mass is 10.1. The van der Waals surface area contributed by atoms with Crippen LogP contribution >= 0.6 is 0 Å². The Morgan fingerprint density at radius 1 is 1.04 bits per heavy atom. The van der Waals surface area contributed by atoms with Crippen molar-refractivity contribution in [1.82, 2.24) is 0 Å². The molecule has 0 fully saturated rings. The first-order chi connectivity index (χ1) is 11.0. The van der Waals surface area contributed by atoms with Crippen molar-refractivity contribution in [2.24, 2.45) is 0 Å². The SMILES string of the molecule is COc1ccc(C(=O)C=CNc2cc(F)ccc2F)cc1OC. The van der Waals surface area contributed by atoms with Crippen LogP contribution in [0.3, 0.4) is 0 Å². The molecule has 4 nitrogen and oxygen atoms in total. The lowest BCUT2D eigenvalue weighted by molar-refractivity contribution is 0.104. The Hall–Kier alpha value is -2.89. The fourth-order valence-electron chi connectivity index (χ4n) is 1.90. The van der Waals surface area contributed by atoms with E-state index in [2.05, 4.69) is 5.32 Å². The maximum absolute atomic E-state index is 13.4. The fraction of sp³-hybridized carbons (Fsp3) is 0.118. The van der Waals surface area contributed by atoms with E-state index in [0.717, 1.165) is 18.2 Å². The third-order valence-electron chi connectivity index (χ3n) is 3.07. The van der Waals surface area contributed by atoms with Crippen molar-refractivity contribution in [2.45, 2.75) is 0 Å². The minimum absolute atomic E-state index is 0.0543. The first-order valence-corrected chi connectivity index (χ1v) is 6.69. The highest BCUT2D eigenvalue weighted by Crippen LogP contribution is 2.27. The molecule has 2 rings (SSSR count). The van der Waals surface area contributed by atoms with Gasteiger partial charge in [0.2, 0.25) is 0 Å².